The molecule has 0 rings (SSSR count). The van der Waals surface area contributed by atoms with E-state index in [4.69, 9.17) is 4.74 Å². The summed E-state index contributed by atoms with van der Waals surface area (Å²) in [4.78, 5) is 24.6. The van der Waals surface area contributed by atoms with Crippen molar-refractivity contribution in [1.82, 2.24) is 5.32 Å². The summed E-state index contributed by atoms with van der Waals surface area (Å²) < 4.78 is 5.48. The monoisotopic (exact) mass is 1180 g/mol. The second kappa shape index (κ2) is 73.8. The van der Waals surface area contributed by atoms with E-state index in [9.17, 15) is 19.8 Å². The largest absolute Gasteiger partial charge is 0.466 e. The summed E-state index contributed by atoms with van der Waals surface area (Å²) in [7, 11) is 0. The van der Waals surface area contributed by atoms with Crippen LogP contribution in [0.2, 0.25) is 0 Å². The Hall–Kier alpha value is -1.66. The predicted octanol–water partition coefficient (Wildman–Crippen LogP) is 25.3. The van der Waals surface area contributed by atoms with Crippen molar-refractivity contribution in [2.75, 3.05) is 13.2 Å². The van der Waals surface area contributed by atoms with E-state index in [0.717, 1.165) is 44.9 Å². The minimum Gasteiger partial charge on any atom is -0.466 e. The summed E-state index contributed by atoms with van der Waals surface area (Å²) in [5.74, 6) is -0.0120. The molecule has 3 N–H and O–H groups in total. The van der Waals surface area contributed by atoms with Crippen molar-refractivity contribution in [3.05, 3.63) is 24.3 Å². The molecule has 0 saturated carbocycles. The summed E-state index contributed by atoms with van der Waals surface area (Å²) >= 11 is 0. The SMILES string of the molecule is CCCCCCCCCCCCCCCCCCCCCCCCC(O)C(CO)NC(=O)CCCCCCCCCCCCCCCCCCC/C=C\C/C=C\CCCCCCCCCCCOC(=O)CCCCCCCCCCCCCC. The van der Waals surface area contributed by atoms with Gasteiger partial charge in [-0.15, -0.1) is 0 Å². The van der Waals surface area contributed by atoms with Gasteiger partial charge in [-0.05, 0) is 57.8 Å². The highest BCUT2D eigenvalue weighted by Crippen LogP contribution is 2.20. The number of hydrogen-bond acceptors (Lipinski definition) is 5. The predicted molar refractivity (Wildman–Crippen MR) is 370 cm³/mol. The molecule has 2 atom stereocenters. The number of esters is 1. The Morgan fingerprint density at radius 1 is 0.333 bits per heavy atom. The number of nitrogens with one attached hydrogen (secondary N) is 1. The van der Waals surface area contributed by atoms with Crippen LogP contribution in [0.15, 0.2) is 24.3 Å². The zero-order chi connectivity index (χ0) is 60.6. The van der Waals surface area contributed by atoms with Crippen molar-refractivity contribution in [3.8, 4) is 0 Å². The van der Waals surface area contributed by atoms with Gasteiger partial charge in [0.1, 0.15) is 0 Å². The first kappa shape index (κ1) is 82.3. The fourth-order valence-corrected chi connectivity index (χ4v) is 12.4. The first-order chi connectivity index (χ1) is 41.5. The number of amides is 1. The van der Waals surface area contributed by atoms with Gasteiger partial charge in [0.15, 0.2) is 0 Å². The van der Waals surface area contributed by atoms with Crippen LogP contribution in [0.25, 0.3) is 0 Å². The van der Waals surface area contributed by atoms with Gasteiger partial charge < -0.3 is 20.3 Å². The van der Waals surface area contributed by atoms with E-state index >= 15 is 0 Å². The number of unbranched alkanes of at least 4 members (excludes halogenated alkanes) is 58. The van der Waals surface area contributed by atoms with Crippen LogP contribution in [0.1, 0.15) is 438 Å². The van der Waals surface area contributed by atoms with Crippen LogP contribution >= 0.6 is 0 Å². The molecule has 0 heterocycles. The molecular formula is C78H151NO5. The lowest BCUT2D eigenvalue weighted by molar-refractivity contribution is -0.143. The average molecular weight is 1180 g/mol. The van der Waals surface area contributed by atoms with Crippen molar-refractivity contribution < 1.29 is 24.5 Å². The van der Waals surface area contributed by atoms with Crippen LogP contribution in [0.5, 0.6) is 0 Å². The molecule has 2 unspecified atom stereocenters. The molecule has 0 aromatic rings. The van der Waals surface area contributed by atoms with Gasteiger partial charge in [-0.2, -0.15) is 0 Å². The molecule has 0 radical (unpaired) electrons. The van der Waals surface area contributed by atoms with Crippen molar-refractivity contribution in [2.45, 2.75) is 450 Å². The maximum atomic E-state index is 12.6. The topological polar surface area (TPSA) is 95.9 Å². The van der Waals surface area contributed by atoms with Gasteiger partial charge in [0, 0.05) is 12.8 Å². The minimum atomic E-state index is -0.664. The minimum absolute atomic E-state index is 0.0157. The molecule has 84 heavy (non-hydrogen) atoms. The van der Waals surface area contributed by atoms with Crippen LogP contribution in [-0.2, 0) is 14.3 Å². The van der Waals surface area contributed by atoms with Crippen LogP contribution < -0.4 is 5.32 Å². The van der Waals surface area contributed by atoms with E-state index in [-0.39, 0.29) is 18.5 Å². The number of hydrogen-bond donors (Lipinski definition) is 3. The Bertz CT molecular complexity index is 1320. The highest BCUT2D eigenvalue weighted by Gasteiger charge is 2.20. The molecule has 498 valence electrons. The number of ether oxygens (including phenoxy) is 1. The van der Waals surface area contributed by atoms with E-state index in [1.54, 1.807) is 0 Å². The molecule has 0 spiro atoms. The molecule has 6 heteroatoms. The molecule has 6 nitrogen and oxygen atoms in total. The van der Waals surface area contributed by atoms with Gasteiger partial charge in [0.05, 0.1) is 25.4 Å². The summed E-state index contributed by atoms with van der Waals surface area (Å²) in [6.45, 7) is 5.00. The molecule has 0 bridgehead atoms. The molecule has 0 aromatic carbocycles. The normalized spacial score (nSPS) is 12.6. The molecule has 0 saturated heterocycles. The second-order valence-corrected chi connectivity index (χ2v) is 26.7. The number of aliphatic hydroxyl groups excluding tert-OH is 2. The van der Waals surface area contributed by atoms with Crippen LogP contribution in [0.3, 0.4) is 0 Å². The number of aliphatic hydroxyl groups is 2. The second-order valence-electron chi connectivity index (χ2n) is 26.7. The first-order valence-electron chi connectivity index (χ1n) is 38.6. The van der Waals surface area contributed by atoms with Gasteiger partial charge in [0.2, 0.25) is 5.91 Å². The molecule has 0 aliphatic heterocycles. The van der Waals surface area contributed by atoms with Crippen molar-refractivity contribution in [3.63, 3.8) is 0 Å². The van der Waals surface area contributed by atoms with Crippen LogP contribution in [-0.4, -0.2) is 47.4 Å². The first-order valence-corrected chi connectivity index (χ1v) is 38.6. The Balaban J connectivity index is 3.38. The fraction of sp³-hybridized carbons (Fsp3) is 0.923. The summed E-state index contributed by atoms with van der Waals surface area (Å²) in [6.07, 6.45) is 94.0. The molecule has 0 aliphatic carbocycles. The highest BCUT2D eigenvalue weighted by molar-refractivity contribution is 5.76. The molecule has 0 aliphatic rings. The molecule has 0 aromatic heterocycles. The van der Waals surface area contributed by atoms with Crippen molar-refractivity contribution in [2.24, 2.45) is 0 Å². The maximum Gasteiger partial charge on any atom is 0.305 e. The Morgan fingerprint density at radius 3 is 0.905 bits per heavy atom. The lowest BCUT2D eigenvalue weighted by Crippen LogP contribution is -2.45. The van der Waals surface area contributed by atoms with Gasteiger partial charge in [-0.25, -0.2) is 0 Å². The van der Waals surface area contributed by atoms with Crippen molar-refractivity contribution >= 4 is 11.9 Å². The quantitative estimate of drug-likeness (QED) is 0.0320. The van der Waals surface area contributed by atoms with Gasteiger partial charge in [-0.1, -0.05) is 391 Å². The number of carbonyl (C=O) groups excluding carboxylic acids is 2. The van der Waals surface area contributed by atoms with E-state index in [1.807, 2.05) is 0 Å². The number of allylic oxidation sites excluding steroid dienone is 4. The molecule has 0 fully saturated rings. The van der Waals surface area contributed by atoms with Gasteiger partial charge in [-0.3, -0.25) is 9.59 Å². The smallest absolute Gasteiger partial charge is 0.305 e. The van der Waals surface area contributed by atoms with E-state index in [0.29, 0.717) is 25.9 Å². The zero-order valence-electron chi connectivity index (χ0n) is 57.2. The van der Waals surface area contributed by atoms with E-state index in [1.165, 1.54) is 360 Å². The Morgan fingerprint density at radius 2 is 0.595 bits per heavy atom. The van der Waals surface area contributed by atoms with Gasteiger partial charge in [0.25, 0.3) is 0 Å². The third-order valence-corrected chi connectivity index (χ3v) is 18.3. The Kier molecular flexibility index (Phi) is 72.3. The maximum absolute atomic E-state index is 12.6. The van der Waals surface area contributed by atoms with E-state index in [2.05, 4.69) is 43.5 Å². The zero-order valence-corrected chi connectivity index (χ0v) is 57.2. The van der Waals surface area contributed by atoms with Crippen molar-refractivity contribution in [1.29, 1.82) is 0 Å². The molecule has 1 amide bonds. The average Bonchev–Trinajstić information content (AvgIpc) is 3.50. The highest BCUT2D eigenvalue weighted by atomic mass is 16.5. The third kappa shape index (κ3) is 69.4. The molecular weight excluding hydrogens is 1030 g/mol. The summed E-state index contributed by atoms with van der Waals surface area (Å²) in [5, 5.41) is 23.5. The Labute approximate surface area is 526 Å². The van der Waals surface area contributed by atoms with Crippen LogP contribution in [0, 0.1) is 0 Å². The third-order valence-electron chi connectivity index (χ3n) is 18.3. The van der Waals surface area contributed by atoms with Crippen LogP contribution in [0.4, 0.5) is 0 Å². The number of carbonyl (C=O) groups is 2. The fourth-order valence-electron chi connectivity index (χ4n) is 12.4. The van der Waals surface area contributed by atoms with Gasteiger partial charge >= 0.3 is 5.97 Å². The lowest BCUT2D eigenvalue weighted by Gasteiger charge is -2.22. The number of rotatable bonds is 73. The summed E-state index contributed by atoms with van der Waals surface area (Å²) in [6, 6.07) is -0.541. The van der Waals surface area contributed by atoms with E-state index < -0.39 is 12.1 Å². The standard InChI is InChI=1S/C78H151NO5/c1-3-5-7-9-11-13-15-17-18-19-20-21-35-38-41-44-47-50-54-58-62-66-70-76(81)75(74-80)79-77(82)71-67-63-59-55-51-48-45-42-39-36-33-31-29-27-25-23-22-24-26-28-30-32-34-37-40-43-46-49-53-57-61-65-69-73-84-78(83)72-68-64-60-56-52-16-14-12-10-8-6-4-2/h26,28,32,34,75-76,80-81H,3-25,27,29-31,33,35-74H2,1-2H3,(H,79,82)/b28-26-,34-32-. The lowest BCUT2D eigenvalue weighted by atomic mass is 10.0. The summed E-state index contributed by atoms with van der Waals surface area (Å²) in [5.41, 5.74) is 0.